The van der Waals surface area contributed by atoms with Crippen LogP contribution in [0, 0.1) is 0 Å². The molecule has 0 unspecified atom stereocenters. The third-order valence-corrected chi connectivity index (χ3v) is 6.55. The minimum atomic E-state index is -0.768. The zero-order valence-corrected chi connectivity index (χ0v) is 23.2. The minimum Gasteiger partial charge on any atom is -0.484 e. The molecule has 0 aliphatic carbocycles. The Labute approximate surface area is 229 Å². The summed E-state index contributed by atoms with van der Waals surface area (Å²) < 4.78 is 5.85. The Morgan fingerprint density at radius 3 is 2.19 bits per heavy atom. The highest BCUT2D eigenvalue weighted by Gasteiger charge is 2.31. The minimum absolute atomic E-state index is 0.0856. The van der Waals surface area contributed by atoms with E-state index in [2.05, 4.69) is 19.2 Å². The van der Waals surface area contributed by atoms with Crippen LogP contribution in [0.15, 0.2) is 72.8 Å². The summed E-state index contributed by atoms with van der Waals surface area (Å²) in [4.78, 5) is 28.6. The highest BCUT2D eigenvalue weighted by Crippen LogP contribution is 2.25. The van der Waals surface area contributed by atoms with Crippen molar-refractivity contribution in [3.63, 3.8) is 0 Å². The third-order valence-electron chi connectivity index (χ3n) is 5.97. The molecule has 0 spiro atoms. The normalized spacial score (nSPS) is 11.9. The monoisotopic (exact) mass is 540 g/mol. The second-order valence-electron chi connectivity index (χ2n) is 9.64. The lowest BCUT2D eigenvalue weighted by molar-refractivity contribution is -0.143. The van der Waals surface area contributed by atoms with Crippen LogP contribution in [0.3, 0.4) is 0 Å². The largest absolute Gasteiger partial charge is 0.484 e. The number of amides is 2. The van der Waals surface area contributed by atoms with E-state index in [9.17, 15) is 9.59 Å². The lowest BCUT2D eigenvalue weighted by Gasteiger charge is -2.32. The van der Waals surface area contributed by atoms with Gasteiger partial charge in [0.1, 0.15) is 11.8 Å². The van der Waals surface area contributed by atoms with Gasteiger partial charge >= 0.3 is 0 Å². The molecule has 0 heterocycles. The molecule has 37 heavy (non-hydrogen) atoms. The summed E-state index contributed by atoms with van der Waals surface area (Å²) in [5.41, 5.74) is 2.82. The summed E-state index contributed by atoms with van der Waals surface area (Å²) in [6, 6.07) is 21.6. The van der Waals surface area contributed by atoms with Crippen LogP contribution in [0.1, 0.15) is 50.3 Å². The molecular formula is C30H34Cl2N2O3. The molecule has 196 valence electrons. The number of nitrogens with one attached hydrogen (secondary N) is 1. The fourth-order valence-corrected chi connectivity index (χ4v) is 4.41. The summed E-state index contributed by atoms with van der Waals surface area (Å²) in [5, 5.41) is 3.90. The van der Waals surface area contributed by atoms with Gasteiger partial charge in [0, 0.05) is 29.1 Å². The summed E-state index contributed by atoms with van der Waals surface area (Å²) >= 11 is 12.6. The highest BCUT2D eigenvalue weighted by molar-refractivity contribution is 6.35. The first-order valence-corrected chi connectivity index (χ1v) is 13.2. The van der Waals surface area contributed by atoms with Crippen molar-refractivity contribution in [3.05, 3.63) is 99.5 Å². The molecule has 0 saturated heterocycles. The molecule has 0 bridgehead atoms. The maximum absolute atomic E-state index is 13.6. The van der Waals surface area contributed by atoms with Crippen molar-refractivity contribution < 1.29 is 14.3 Å². The van der Waals surface area contributed by atoms with Crippen LogP contribution in [0.2, 0.25) is 10.0 Å². The van der Waals surface area contributed by atoms with E-state index in [1.54, 1.807) is 23.1 Å². The van der Waals surface area contributed by atoms with E-state index in [4.69, 9.17) is 27.9 Å². The number of benzene rings is 3. The Kier molecular flexibility index (Phi) is 10.4. The maximum Gasteiger partial charge on any atom is 0.261 e. The molecule has 0 aromatic heterocycles. The fourth-order valence-electron chi connectivity index (χ4n) is 3.95. The van der Waals surface area contributed by atoms with E-state index >= 15 is 0 Å². The van der Waals surface area contributed by atoms with E-state index in [0.717, 1.165) is 5.56 Å². The van der Waals surface area contributed by atoms with Crippen molar-refractivity contribution in [2.45, 2.75) is 58.7 Å². The van der Waals surface area contributed by atoms with Gasteiger partial charge in [-0.3, -0.25) is 9.59 Å². The Balaban J connectivity index is 1.91. The van der Waals surface area contributed by atoms with Crippen molar-refractivity contribution >= 4 is 35.0 Å². The quantitative estimate of drug-likeness (QED) is 0.295. The number of ether oxygens (including phenoxy) is 1. The average molecular weight is 542 g/mol. The molecule has 1 atom stereocenters. The van der Waals surface area contributed by atoms with Gasteiger partial charge < -0.3 is 15.0 Å². The Morgan fingerprint density at radius 1 is 0.919 bits per heavy atom. The van der Waals surface area contributed by atoms with Crippen LogP contribution in [-0.4, -0.2) is 35.4 Å². The first-order chi connectivity index (χ1) is 17.6. The number of rotatable bonds is 11. The lowest BCUT2D eigenvalue weighted by Crippen LogP contribution is -2.52. The van der Waals surface area contributed by atoms with Crippen molar-refractivity contribution in [1.29, 1.82) is 0 Å². The van der Waals surface area contributed by atoms with Crippen molar-refractivity contribution in [2.75, 3.05) is 6.61 Å². The van der Waals surface area contributed by atoms with Gasteiger partial charge in [-0.2, -0.15) is 0 Å². The fraction of sp³-hybridized carbons (Fsp3) is 0.333. The molecule has 5 nitrogen and oxygen atoms in total. The van der Waals surface area contributed by atoms with E-state index in [1.165, 1.54) is 5.56 Å². The lowest BCUT2D eigenvalue weighted by atomic mass is 10.0. The molecule has 3 aromatic rings. The topological polar surface area (TPSA) is 58.6 Å². The van der Waals surface area contributed by atoms with Gasteiger partial charge in [0.25, 0.3) is 5.91 Å². The van der Waals surface area contributed by atoms with Crippen LogP contribution in [-0.2, 0) is 22.6 Å². The van der Waals surface area contributed by atoms with Gasteiger partial charge in [0.15, 0.2) is 6.61 Å². The highest BCUT2D eigenvalue weighted by atomic mass is 35.5. The Morgan fingerprint density at radius 2 is 1.59 bits per heavy atom. The molecule has 3 aromatic carbocycles. The van der Waals surface area contributed by atoms with E-state index < -0.39 is 6.04 Å². The van der Waals surface area contributed by atoms with E-state index in [-0.39, 0.29) is 31.0 Å². The molecule has 0 saturated carbocycles. The van der Waals surface area contributed by atoms with Gasteiger partial charge in [0.2, 0.25) is 5.91 Å². The number of carbonyl (C=O) groups is 2. The van der Waals surface area contributed by atoms with Crippen LogP contribution >= 0.6 is 23.2 Å². The number of hydrogen-bond donors (Lipinski definition) is 1. The molecule has 7 heteroatoms. The Bertz CT molecular complexity index is 1180. The maximum atomic E-state index is 13.6. The molecular weight excluding hydrogens is 507 g/mol. The molecule has 0 aliphatic heterocycles. The average Bonchev–Trinajstić information content (AvgIpc) is 2.86. The first kappa shape index (κ1) is 28.5. The van der Waals surface area contributed by atoms with Crippen LogP contribution < -0.4 is 10.1 Å². The first-order valence-electron chi connectivity index (χ1n) is 12.4. The molecule has 0 fully saturated rings. The summed E-state index contributed by atoms with van der Waals surface area (Å²) in [7, 11) is 0. The zero-order valence-electron chi connectivity index (χ0n) is 21.7. The zero-order chi connectivity index (χ0) is 26.9. The van der Waals surface area contributed by atoms with Gasteiger partial charge in [-0.1, -0.05) is 85.6 Å². The van der Waals surface area contributed by atoms with Crippen LogP contribution in [0.25, 0.3) is 0 Å². The number of halogens is 2. The van der Waals surface area contributed by atoms with Gasteiger partial charge in [-0.15, -0.1) is 0 Å². The second kappa shape index (κ2) is 13.5. The molecule has 0 radical (unpaired) electrons. The number of nitrogens with zero attached hydrogens (tertiary/aromatic N) is 1. The van der Waals surface area contributed by atoms with Gasteiger partial charge in [0.05, 0.1) is 0 Å². The summed E-state index contributed by atoms with van der Waals surface area (Å²) in [6.07, 6.45) is 0.347. The van der Waals surface area contributed by atoms with Crippen molar-refractivity contribution in [1.82, 2.24) is 10.2 Å². The Hall–Kier alpha value is -3.02. The van der Waals surface area contributed by atoms with Gasteiger partial charge in [-0.05, 0) is 60.7 Å². The predicted octanol–water partition coefficient (Wildman–Crippen LogP) is 6.66. The predicted molar refractivity (Wildman–Crippen MR) is 150 cm³/mol. The molecule has 2 amide bonds. The standard InChI is InChI=1S/C30H34Cl2N2O3/c1-20(2)23-11-14-26(15-12-23)37-19-29(35)34(18-24-10-13-25(31)17-27(24)32)28(30(36)33-21(3)4)16-22-8-6-5-7-9-22/h5-15,17,20-21,28H,16,18-19H2,1-4H3,(H,33,36)/t28-/m0/s1. The smallest absolute Gasteiger partial charge is 0.261 e. The van der Waals surface area contributed by atoms with Crippen molar-refractivity contribution in [3.8, 4) is 5.75 Å². The van der Waals surface area contributed by atoms with Crippen LogP contribution in [0.5, 0.6) is 5.75 Å². The van der Waals surface area contributed by atoms with Crippen LogP contribution in [0.4, 0.5) is 0 Å². The summed E-state index contributed by atoms with van der Waals surface area (Å²) in [5.74, 6) is 0.430. The summed E-state index contributed by atoms with van der Waals surface area (Å²) in [6.45, 7) is 7.94. The van der Waals surface area contributed by atoms with E-state index in [1.807, 2.05) is 68.4 Å². The number of carbonyl (C=O) groups excluding carboxylic acids is 2. The SMILES string of the molecule is CC(C)NC(=O)[C@H](Cc1ccccc1)N(Cc1ccc(Cl)cc1Cl)C(=O)COc1ccc(C(C)C)cc1. The molecule has 3 rings (SSSR count). The number of hydrogen-bond acceptors (Lipinski definition) is 3. The van der Waals surface area contributed by atoms with Gasteiger partial charge in [-0.25, -0.2) is 0 Å². The van der Waals surface area contributed by atoms with E-state index in [0.29, 0.717) is 33.7 Å². The second-order valence-corrected chi connectivity index (χ2v) is 10.5. The third kappa shape index (κ3) is 8.51. The van der Waals surface area contributed by atoms with Crippen molar-refractivity contribution in [2.24, 2.45) is 0 Å². The molecule has 1 N–H and O–H groups in total. The molecule has 0 aliphatic rings.